The highest BCUT2D eigenvalue weighted by molar-refractivity contribution is 7.99. The van der Waals surface area contributed by atoms with Crippen molar-refractivity contribution in [3.05, 3.63) is 119 Å². The number of fused-ring (bicyclic) bond motifs is 1. The van der Waals surface area contributed by atoms with Crippen molar-refractivity contribution in [3.63, 3.8) is 0 Å². The number of rotatable bonds is 8. The van der Waals surface area contributed by atoms with E-state index in [0.29, 0.717) is 17.2 Å². The van der Waals surface area contributed by atoms with Crippen LogP contribution in [0.15, 0.2) is 112 Å². The van der Waals surface area contributed by atoms with Crippen molar-refractivity contribution in [2.24, 2.45) is 5.10 Å². The highest BCUT2D eigenvalue weighted by Crippen LogP contribution is 2.34. The van der Waals surface area contributed by atoms with Crippen LogP contribution in [0.3, 0.4) is 0 Å². The number of halogens is 1. The minimum Gasteiger partial charge on any atom is -0.467 e. The standard InChI is InChI=1S/C30H25ClN4O2S/c31-23-14-12-22(13-15-23)25-19-27(28-11-6-18-37-28)35(33-25)29(36)20-38-30-32-24-9-4-5-10-26(24)34(30)17-16-21-7-2-1-3-8-21/h1-15,18,27H,16-17,19-20H2/t27-/m1/s1. The summed E-state index contributed by atoms with van der Waals surface area (Å²) in [5, 5.41) is 7.78. The monoisotopic (exact) mass is 540 g/mol. The third kappa shape index (κ3) is 5.12. The van der Waals surface area contributed by atoms with Crippen LogP contribution >= 0.6 is 23.4 Å². The quantitative estimate of drug-likeness (QED) is 0.199. The zero-order chi connectivity index (χ0) is 25.9. The Kier molecular flexibility index (Phi) is 7.03. The Morgan fingerprint density at radius 1 is 0.974 bits per heavy atom. The molecule has 0 bridgehead atoms. The van der Waals surface area contributed by atoms with Gasteiger partial charge in [-0.25, -0.2) is 9.99 Å². The van der Waals surface area contributed by atoms with Crippen LogP contribution in [-0.4, -0.2) is 31.9 Å². The van der Waals surface area contributed by atoms with Crippen LogP contribution in [0.2, 0.25) is 5.02 Å². The van der Waals surface area contributed by atoms with Gasteiger partial charge in [0.05, 0.1) is 28.8 Å². The molecule has 0 fully saturated rings. The second kappa shape index (κ2) is 10.9. The average molecular weight is 541 g/mol. The number of hydrazone groups is 1. The number of hydrogen-bond donors (Lipinski definition) is 0. The molecule has 0 unspecified atom stereocenters. The van der Waals surface area contributed by atoms with E-state index in [2.05, 4.69) is 34.9 Å². The summed E-state index contributed by atoms with van der Waals surface area (Å²) in [6.45, 7) is 0.776. The Labute approximate surface area is 229 Å². The Morgan fingerprint density at radius 3 is 2.55 bits per heavy atom. The van der Waals surface area contributed by atoms with E-state index in [1.54, 1.807) is 11.3 Å². The third-order valence-electron chi connectivity index (χ3n) is 6.63. The Balaban J connectivity index is 1.23. The predicted molar refractivity (Wildman–Crippen MR) is 152 cm³/mol. The number of amides is 1. The van der Waals surface area contributed by atoms with E-state index in [4.69, 9.17) is 26.1 Å². The maximum absolute atomic E-state index is 13.6. The van der Waals surface area contributed by atoms with Gasteiger partial charge in [0.2, 0.25) is 0 Å². The van der Waals surface area contributed by atoms with Crippen LogP contribution in [0, 0.1) is 0 Å². The second-order valence-electron chi connectivity index (χ2n) is 9.09. The van der Waals surface area contributed by atoms with Gasteiger partial charge in [0.1, 0.15) is 11.8 Å². The first-order valence-corrected chi connectivity index (χ1v) is 13.8. The van der Waals surface area contributed by atoms with Crippen LogP contribution in [0.1, 0.15) is 29.3 Å². The molecule has 3 heterocycles. The molecule has 8 heteroatoms. The van der Waals surface area contributed by atoms with Crippen LogP contribution in [0.25, 0.3) is 11.0 Å². The minimum absolute atomic E-state index is 0.0953. The van der Waals surface area contributed by atoms with E-state index in [1.165, 1.54) is 17.3 Å². The fourth-order valence-electron chi connectivity index (χ4n) is 4.72. The summed E-state index contributed by atoms with van der Waals surface area (Å²) in [6, 6.07) is 29.5. The SMILES string of the molecule is O=C(CSc1nc2ccccc2n1CCc1ccccc1)N1N=C(c2ccc(Cl)cc2)C[C@@H]1c1ccco1. The van der Waals surface area contributed by atoms with Gasteiger partial charge in [0, 0.05) is 18.0 Å². The molecule has 6 nitrogen and oxygen atoms in total. The number of nitrogens with zero attached hydrogens (tertiary/aromatic N) is 4. The normalized spacial score (nSPS) is 15.2. The molecule has 1 aliphatic heterocycles. The lowest BCUT2D eigenvalue weighted by Gasteiger charge is -2.19. The number of imidazole rings is 1. The summed E-state index contributed by atoms with van der Waals surface area (Å²) in [6.07, 6.45) is 3.08. The van der Waals surface area contributed by atoms with Gasteiger partial charge in [-0.1, -0.05) is 78.0 Å². The van der Waals surface area contributed by atoms with E-state index in [-0.39, 0.29) is 17.7 Å². The summed E-state index contributed by atoms with van der Waals surface area (Å²) < 4.78 is 7.89. The third-order valence-corrected chi connectivity index (χ3v) is 7.84. The van der Waals surface area contributed by atoms with Gasteiger partial charge in [-0.15, -0.1) is 0 Å². The number of hydrogen-bond acceptors (Lipinski definition) is 5. The van der Waals surface area contributed by atoms with Crippen molar-refractivity contribution in [2.75, 3.05) is 5.75 Å². The molecule has 5 aromatic rings. The molecule has 190 valence electrons. The summed E-state index contributed by atoms with van der Waals surface area (Å²) in [5.74, 6) is 0.830. The van der Waals surface area contributed by atoms with Crippen molar-refractivity contribution in [3.8, 4) is 0 Å². The molecular formula is C30H25ClN4O2S. The van der Waals surface area contributed by atoms with Gasteiger partial charge in [0.25, 0.3) is 5.91 Å². The first-order chi connectivity index (χ1) is 18.7. The fourth-order valence-corrected chi connectivity index (χ4v) is 5.74. The topological polar surface area (TPSA) is 63.6 Å². The van der Waals surface area contributed by atoms with Gasteiger partial charge < -0.3 is 8.98 Å². The Hall–Kier alpha value is -3.81. The average Bonchev–Trinajstić information content (AvgIpc) is 3.70. The van der Waals surface area contributed by atoms with Gasteiger partial charge >= 0.3 is 0 Å². The van der Waals surface area contributed by atoms with E-state index in [0.717, 1.165) is 40.4 Å². The number of carbonyl (C=O) groups is 1. The molecule has 0 saturated heterocycles. The highest BCUT2D eigenvalue weighted by Gasteiger charge is 2.35. The molecule has 38 heavy (non-hydrogen) atoms. The van der Waals surface area contributed by atoms with Gasteiger partial charge in [-0.3, -0.25) is 4.79 Å². The molecule has 6 rings (SSSR count). The van der Waals surface area contributed by atoms with E-state index in [9.17, 15) is 4.79 Å². The molecule has 0 aliphatic carbocycles. The summed E-state index contributed by atoms with van der Waals surface area (Å²) in [5.41, 5.74) is 5.03. The molecule has 3 aromatic carbocycles. The van der Waals surface area contributed by atoms with Crippen LogP contribution in [-0.2, 0) is 17.8 Å². The molecule has 0 saturated carbocycles. The smallest absolute Gasteiger partial charge is 0.253 e. The Morgan fingerprint density at radius 2 is 1.76 bits per heavy atom. The predicted octanol–water partition coefficient (Wildman–Crippen LogP) is 7.00. The van der Waals surface area contributed by atoms with Crippen molar-refractivity contribution in [1.82, 2.24) is 14.6 Å². The van der Waals surface area contributed by atoms with Crippen molar-refractivity contribution in [1.29, 1.82) is 0 Å². The van der Waals surface area contributed by atoms with E-state index >= 15 is 0 Å². The molecule has 2 aromatic heterocycles. The van der Waals surface area contributed by atoms with Gasteiger partial charge in [0.15, 0.2) is 5.16 Å². The van der Waals surface area contributed by atoms with Crippen molar-refractivity contribution >= 4 is 46.0 Å². The fraction of sp³-hybridized carbons (Fsp3) is 0.167. The Bertz CT molecular complexity index is 1580. The summed E-state index contributed by atoms with van der Waals surface area (Å²) >= 11 is 7.52. The number of benzene rings is 3. The molecule has 1 atom stereocenters. The number of aromatic nitrogens is 2. The number of para-hydroxylation sites is 2. The molecule has 1 aliphatic rings. The number of thioether (sulfide) groups is 1. The van der Waals surface area contributed by atoms with Gasteiger partial charge in [-0.2, -0.15) is 5.10 Å². The van der Waals surface area contributed by atoms with Crippen molar-refractivity contribution in [2.45, 2.75) is 30.6 Å². The van der Waals surface area contributed by atoms with E-state index < -0.39 is 0 Å². The maximum Gasteiger partial charge on any atom is 0.253 e. The molecule has 1 amide bonds. The van der Waals surface area contributed by atoms with Crippen LogP contribution in [0.5, 0.6) is 0 Å². The number of furan rings is 1. The lowest BCUT2D eigenvalue weighted by molar-refractivity contribution is -0.130. The highest BCUT2D eigenvalue weighted by atomic mass is 35.5. The zero-order valence-electron chi connectivity index (χ0n) is 20.5. The summed E-state index contributed by atoms with van der Waals surface area (Å²) in [7, 11) is 0. The first-order valence-electron chi connectivity index (χ1n) is 12.5. The van der Waals surface area contributed by atoms with Crippen LogP contribution in [0.4, 0.5) is 0 Å². The van der Waals surface area contributed by atoms with Crippen LogP contribution < -0.4 is 0 Å². The molecule has 0 spiro atoms. The largest absolute Gasteiger partial charge is 0.467 e. The zero-order valence-corrected chi connectivity index (χ0v) is 22.1. The van der Waals surface area contributed by atoms with E-state index in [1.807, 2.05) is 60.7 Å². The summed E-state index contributed by atoms with van der Waals surface area (Å²) in [4.78, 5) is 18.4. The number of carbonyl (C=O) groups excluding carboxylic acids is 1. The van der Waals surface area contributed by atoms with Gasteiger partial charge in [-0.05, 0) is 53.9 Å². The second-order valence-corrected chi connectivity index (χ2v) is 10.5. The molecule has 0 radical (unpaired) electrons. The minimum atomic E-state index is -0.291. The lowest BCUT2D eigenvalue weighted by Crippen LogP contribution is -2.28. The first kappa shape index (κ1) is 24.5. The number of aryl methyl sites for hydroxylation is 2. The lowest BCUT2D eigenvalue weighted by atomic mass is 10.0. The molecule has 0 N–H and O–H groups in total. The maximum atomic E-state index is 13.6. The molecular weight excluding hydrogens is 516 g/mol. The van der Waals surface area contributed by atoms with Crippen molar-refractivity contribution < 1.29 is 9.21 Å².